The Bertz CT molecular complexity index is 646. The lowest BCUT2D eigenvalue weighted by molar-refractivity contribution is -0.117. The molecule has 2 N–H and O–H groups in total. The van der Waals surface area contributed by atoms with E-state index in [1.807, 2.05) is 24.3 Å². The minimum atomic E-state index is 0.0548. The first-order valence-electron chi connectivity index (χ1n) is 6.07. The zero-order valence-electron chi connectivity index (χ0n) is 10.2. The van der Waals surface area contributed by atoms with E-state index in [0.29, 0.717) is 30.6 Å². The van der Waals surface area contributed by atoms with Crippen molar-refractivity contribution in [2.24, 2.45) is 5.92 Å². The van der Waals surface area contributed by atoms with Crippen molar-refractivity contribution < 1.29 is 4.79 Å². The number of benzene rings is 1. The first-order valence-corrected chi connectivity index (χ1v) is 7.20. The number of anilines is 2. The first kappa shape index (κ1) is 12.3. The van der Waals surface area contributed by atoms with Crippen LogP contribution in [0.5, 0.6) is 0 Å². The maximum atomic E-state index is 12.0. The van der Waals surface area contributed by atoms with Gasteiger partial charge in [-0.05, 0) is 18.1 Å². The van der Waals surface area contributed by atoms with Gasteiger partial charge in [0.05, 0.1) is 5.52 Å². The van der Waals surface area contributed by atoms with Gasteiger partial charge in [0, 0.05) is 23.7 Å². The fourth-order valence-corrected chi connectivity index (χ4v) is 2.72. The van der Waals surface area contributed by atoms with Crippen LogP contribution in [-0.2, 0) is 4.79 Å². The number of fused-ring (bicyclic) bond motifs is 1. The van der Waals surface area contributed by atoms with Crippen LogP contribution < -0.4 is 10.6 Å². The number of aromatic nitrogens is 2. The third-order valence-corrected chi connectivity index (χ3v) is 4.20. The van der Waals surface area contributed by atoms with Gasteiger partial charge in [-0.15, -0.1) is 0 Å². The molecule has 2 heterocycles. The second-order valence-electron chi connectivity index (χ2n) is 4.65. The quantitative estimate of drug-likeness (QED) is 0.858. The van der Waals surface area contributed by atoms with Crippen LogP contribution in [0.3, 0.4) is 0 Å². The number of rotatable bonds is 2. The van der Waals surface area contributed by atoms with E-state index in [1.165, 1.54) is 0 Å². The molecule has 1 amide bonds. The van der Waals surface area contributed by atoms with E-state index in [1.54, 1.807) is 4.90 Å². The van der Waals surface area contributed by atoms with Crippen molar-refractivity contribution in [2.45, 2.75) is 6.42 Å². The number of amides is 1. The Balaban J connectivity index is 2.04. The first-order chi connectivity index (χ1) is 9.19. The lowest BCUT2D eigenvalue weighted by Gasteiger charge is -2.15. The molecule has 3 rings (SSSR count). The number of para-hydroxylation sites is 1. The monoisotopic (exact) mass is 320 g/mol. The highest BCUT2D eigenvalue weighted by atomic mass is 79.9. The molecule has 1 aliphatic heterocycles. The number of hydrogen-bond donors (Lipinski definition) is 1. The fourth-order valence-electron chi connectivity index (χ4n) is 2.29. The van der Waals surface area contributed by atoms with Crippen LogP contribution in [0.2, 0.25) is 0 Å². The molecule has 0 radical (unpaired) electrons. The van der Waals surface area contributed by atoms with Gasteiger partial charge in [-0.1, -0.05) is 28.1 Å². The Morgan fingerprint density at radius 1 is 1.37 bits per heavy atom. The number of carbonyl (C=O) groups is 1. The van der Waals surface area contributed by atoms with Gasteiger partial charge in [0.25, 0.3) is 0 Å². The molecule has 5 nitrogen and oxygen atoms in total. The highest BCUT2D eigenvalue weighted by Gasteiger charge is 2.31. The van der Waals surface area contributed by atoms with Crippen molar-refractivity contribution >= 4 is 44.5 Å². The van der Waals surface area contributed by atoms with Gasteiger partial charge in [0.2, 0.25) is 11.9 Å². The summed E-state index contributed by atoms with van der Waals surface area (Å²) in [4.78, 5) is 22.3. The van der Waals surface area contributed by atoms with Crippen LogP contribution in [0.25, 0.3) is 10.9 Å². The summed E-state index contributed by atoms with van der Waals surface area (Å²) < 4.78 is 0. The Morgan fingerprint density at radius 2 is 2.16 bits per heavy atom. The maximum absolute atomic E-state index is 12.0. The molecule has 0 bridgehead atoms. The molecular formula is C13H13BrN4O. The van der Waals surface area contributed by atoms with Crippen molar-refractivity contribution in [1.29, 1.82) is 0 Å². The van der Waals surface area contributed by atoms with Crippen LogP contribution in [0, 0.1) is 5.92 Å². The summed E-state index contributed by atoms with van der Waals surface area (Å²) >= 11 is 3.41. The molecule has 19 heavy (non-hydrogen) atoms. The minimum absolute atomic E-state index is 0.0548. The Labute approximate surface area is 119 Å². The van der Waals surface area contributed by atoms with Gasteiger partial charge in [0.15, 0.2) is 0 Å². The van der Waals surface area contributed by atoms with E-state index in [4.69, 9.17) is 5.73 Å². The van der Waals surface area contributed by atoms with Gasteiger partial charge in [-0.2, -0.15) is 4.98 Å². The zero-order chi connectivity index (χ0) is 13.4. The Morgan fingerprint density at radius 3 is 2.89 bits per heavy atom. The normalized spacial score (nSPS) is 19.3. The molecule has 1 saturated heterocycles. The van der Waals surface area contributed by atoms with Crippen molar-refractivity contribution in [1.82, 2.24) is 9.97 Å². The van der Waals surface area contributed by atoms with Crippen LogP contribution >= 0.6 is 15.9 Å². The van der Waals surface area contributed by atoms with Crippen molar-refractivity contribution in [2.75, 3.05) is 22.5 Å². The Hall–Kier alpha value is -1.69. The predicted molar refractivity (Wildman–Crippen MR) is 78.2 cm³/mol. The summed E-state index contributed by atoms with van der Waals surface area (Å²) in [6, 6.07) is 7.54. The molecule has 1 aliphatic rings. The van der Waals surface area contributed by atoms with Gasteiger partial charge in [0.1, 0.15) is 5.82 Å². The van der Waals surface area contributed by atoms with Gasteiger partial charge in [-0.3, -0.25) is 9.69 Å². The average molecular weight is 321 g/mol. The SMILES string of the molecule is Nc1nc(N2CC(CBr)CC2=O)nc2ccccc12. The minimum Gasteiger partial charge on any atom is -0.383 e. The summed E-state index contributed by atoms with van der Waals surface area (Å²) in [6.07, 6.45) is 0.529. The smallest absolute Gasteiger partial charge is 0.234 e. The lowest BCUT2D eigenvalue weighted by atomic mass is 10.2. The van der Waals surface area contributed by atoms with Gasteiger partial charge >= 0.3 is 0 Å². The maximum Gasteiger partial charge on any atom is 0.234 e. The molecule has 1 aromatic carbocycles. The summed E-state index contributed by atoms with van der Waals surface area (Å²) in [7, 11) is 0. The Kier molecular flexibility index (Phi) is 3.10. The number of nitrogens with two attached hydrogens (primary N) is 1. The van der Waals surface area contributed by atoms with Gasteiger partial charge < -0.3 is 5.73 Å². The largest absolute Gasteiger partial charge is 0.383 e. The van der Waals surface area contributed by atoms with Crippen LogP contribution in [-0.4, -0.2) is 27.7 Å². The molecule has 2 aromatic rings. The molecule has 0 saturated carbocycles. The molecule has 0 spiro atoms. The molecule has 1 atom stereocenters. The van der Waals surface area contributed by atoms with Crippen molar-refractivity contribution in [3.63, 3.8) is 0 Å². The number of carbonyl (C=O) groups excluding carboxylic acids is 1. The van der Waals surface area contributed by atoms with E-state index in [9.17, 15) is 4.79 Å². The third kappa shape index (κ3) is 2.16. The van der Waals surface area contributed by atoms with E-state index in [0.717, 1.165) is 16.2 Å². The molecule has 0 aliphatic carbocycles. The predicted octanol–water partition coefficient (Wildman–Crippen LogP) is 1.96. The zero-order valence-corrected chi connectivity index (χ0v) is 11.8. The highest BCUT2D eigenvalue weighted by Crippen LogP contribution is 2.26. The standard InChI is InChI=1S/C13H13BrN4O/c14-6-8-5-11(19)18(7-8)13-16-10-4-2-1-3-9(10)12(15)17-13/h1-4,8H,5-7H2,(H2,15,16,17). The second kappa shape index (κ2) is 4.77. The van der Waals surface area contributed by atoms with E-state index < -0.39 is 0 Å². The highest BCUT2D eigenvalue weighted by molar-refractivity contribution is 9.09. The van der Waals surface area contributed by atoms with E-state index in [2.05, 4.69) is 25.9 Å². The summed E-state index contributed by atoms with van der Waals surface area (Å²) in [6.45, 7) is 0.641. The van der Waals surface area contributed by atoms with Crippen LogP contribution in [0.15, 0.2) is 24.3 Å². The molecule has 98 valence electrons. The van der Waals surface area contributed by atoms with Gasteiger partial charge in [-0.25, -0.2) is 4.98 Å². The van der Waals surface area contributed by atoms with Crippen LogP contribution in [0.1, 0.15) is 6.42 Å². The second-order valence-corrected chi connectivity index (χ2v) is 5.30. The molecule has 6 heteroatoms. The summed E-state index contributed by atoms with van der Waals surface area (Å²) in [5.74, 6) is 1.18. The molecule has 1 aromatic heterocycles. The van der Waals surface area contributed by atoms with Crippen molar-refractivity contribution in [3.8, 4) is 0 Å². The molecule has 1 fully saturated rings. The topological polar surface area (TPSA) is 72.1 Å². The molecular weight excluding hydrogens is 308 g/mol. The lowest BCUT2D eigenvalue weighted by Crippen LogP contribution is -2.27. The number of hydrogen-bond acceptors (Lipinski definition) is 4. The van der Waals surface area contributed by atoms with Crippen molar-refractivity contribution in [3.05, 3.63) is 24.3 Å². The van der Waals surface area contributed by atoms with Crippen LogP contribution in [0.4, 0.5) is 11.8 Å². The summed E-state index contributed by atoms with van der Waals surface area (Å²) in [5, 5.41) is 1.62. The van der Waals surface area contributed by atoms with E-state index >= 15 is 0 Å². The van der Waals surface area contributed by atoms with E-state index in [-0.39, 0.29) is 5.91 Å². The number of alkyl halides is 1. The fraction of sp³-hybridized carbons (Fsp3) is 0.308. The number of nitrogens with zero attached hydrogens (tertiary/aromatic N) is 3. The summed E-state index contributed by atoms with van der Waals surface area (Å²) in [5.41, 5.74) is 6.70. The number of halogens is 1. The molecule has 1 unspecified atom stereocenters. The average Bonchev–Trinajstić information content (AvgIpc) is 2.80. The number of nitrogen functional groups attached to an aromatic ring is 1. The third-order valence-electron chi connectivity index (χ3n) is 3.29.